The second kappa shape index (κ2) is 7.10. The van der Waals surface area contributed by atoms with Crippen molar-refractivity contribution in [3.63, 3.8) is 0 Å². The summed E-state index contributed by atoms with van der Waals surface area (Å²) in [5.74, 6) is 0.756. The predicted molar refractivity (Wildman–Crippen MR) is 78.8 cm³/mol. The Morgan fingerprint density at radius 2 is 2.14 bits per heavy atom. The van der Waals surface area contributed by atoms with Crippen molar-refractivity contribution in [2.24, 2.45) is 0 Å². The molecule has 0 spiro atoms. The van der Waals surface area contributed by atoms with Crippen LogP contribution < -0.4 is 10.6 Å². The number of carbonyl (C=O) groups is 1. The van der Waals surface area contributed by atoms with E-state index in [9.17, 15) is 4.79 Å². The van der Waals surface area contributed by atoms with E-state index >= 15 is 0 Å². The lowest BCUT2D eigenvalue weighted by Gasteiger charge is -2.05. The Morgan fingerprint density at radius 3 is 2.86 bits per heavy atom. The van der Waals surface area contributed by atoms with E-state index in [1.165, 1.54) is 0 Å². The van der Waals surface area contributed by atoms with Crippen LogP contribution in [0.15, 0.2) is 34.7 Å². The third-order valence-electron chi connectivity index (χ3n) is 2.76. The number of nitrogens with zero attached hydrogens (tertiary/aromatic N) is 2. The quantitative estimate of drug-likeness (QED) is 0.796. The summed E-state index contributed by atoms with van der Waals surface area (Å²) in [6, 6.07) is 11.3. The van der Waals surface area contributed by atoms with Crippen molar-refractivity contribution in [1.29, 1.82) is 5.26 Å². The van der Waals surface area contributed by atoms with E-state index in [0.29, 0.717) is 31.2 Å². The highest BCUT2D eigenvalue weighted by molar-refractivity contribution is 5.90. The van der Waals surface area contributed by atoms with Gasteiger partial charge in [-0.1, -0.05) is 18.2 Å². The monoisotopic (exact) mass is 284 g/mol. The minimum Gasteiger partial charge on any atom is -0.424 e. The van der Waals surface area contributed by atoms with Gasteiger partial charge in [-0.05, 0) is 18.6 Å². The highest BCUT2D eigenvalue weighted by Crippen LogP contribution is 2.15. The molecule has 0 bridgehead atoms. The number of rotatable bonds is 6. The molecule has 2 N–H and O–H groups in total. The first kappa shape index (κ1) is 14.6. The van der Waals surface area contributed by atoms with Crippen LogP contribution in [0.3, 0.4) is 0 Å². The molecule has 2 aromatic rings. The van der Waals surface area contributed by atoms with Gasteiger partial charge in [0, 0.05) is 25.6 Å². The summed E-state index contributed by atoms with van der Waals surface area (Å²) in [7, 11) is 0. The Balaban J connectivity index is 1.72. The van der Waals surface area contributed by atoms with Gasteiger partial charge in [0.1, 0.15) is 6.07 Å². The smallest absolute Gasteiger partial charge is 0.232 e. The molecule has 0 aliphatic carbocycles. The van der Waals surface area contributed by atoms with Gasteiger partial charge in [-0.15, -0.1) is 0 Å². The zero-order chi connectivity index (χ0) is 15.1. The summed E-state index contributed by atoms with van der Waals surface area (Å²) >= 11 is 0. The summed E-state index contributed by atoms with van der Waals surface area (Å²) in [5, 5.41) is 14.6. The number of benzene rings is 1. The maximum Gasteiger partial charge on any atom is 0.232 e. The SMILES string of the molecule is Cc1nc(C#N)c(NCCCC(=O)Nc2ccccc2)o1. The third kappa shape index (κ3) is 4.35. The van der Waals surface area contributed by atoms with E-state index in [1.54, 1.807) is 6.92 Å². The van der Waals surface area contributed by atoms with Gasteiger partial charge in [-0.2, -0.15) is 5.26 Å². The number of aromatic nitrogens is 1. The fraction of sp³-hybridized carbons (Fsp3) is 0.267. The lowest BCUT2D eigenvalue weighted by atomic mass is 10.2. The number of aryl methyl sites for hydroxylation is 1. The molecule has 0 aliphatic heterocycles. The number of nitrogens with one attached hydrogen (secondary N) is 2. The zero-order valence-corrected chi connectivity index (χ0v) is 11.7. The number of para-hydroxylation sites is 1. The Hall–Kier alpha value is -2.81. The normalized spacial score (nSPS) is 9.90. The lowest BCUT2D eigenvalue weighted by Crippen LogP contribution is -2.13. The van der Waals surface area contributed by atoms with Gasteiger partial charge >= 0.3 is 0 Å². The molecule has 21 heavy (non-hydrogen) atoms. The van der Waals surface area contributed by atoms with Gasteiger partial charge < -0.3 is 15.1 Å². The van der Waals surface area contributed by atoms with Crippen molar-refractivity contribution < 1.29 is 9.21 Å². The number of anilines is 2. The van der Waals surface area contributed by atoms with Gasteiger partial charge in [0.15, 0.2) is 5.89 Å². The van der Waals surface area contributed by atoms with Crippen molar-refractivity contribution in [2.75, 3.05) is 17.2 Å². The molecular formula is C15H16N4O2. The molecule has 2 rings (SSSR count). The number of nitriles is 1. The molecule has 0 unspecified atom stereocenters. The molecule has 0 atom stereocenters. The molecule has 108 valence electrons. The first-order chi connectivity index (χ1) is 10.2. The van der Waals surface area contributed by atoms with E-state index in [-0.39, 0.29) is 11.6 Å². The topological polar surface area (TPSA) is 91.0 Å². The molecule has 1 aromatic heterocycles. The number of oxazole rings is 1. The third-order valence-corrected chi connectivity index (χ3v) is 2.76. The van der Waals surface area contributed by atoms with Gasteiger partial charge in [0.25, 0.3) is 0 Å². The van der Waals surface area contributed by atoms with Gasteiger partial charge in [0.05, 0.1) is 0 Å². The van der Waals surface area contributed by atoms with E-state index in [1.807, 2.05) is 36.4 Å². The van der Waals surface area contributed by atoms with Gasteiger partial charge in [0.2, 0.25) is 17.5 Å². The van der Waals surface area contributed by atoms with Crippen LogP contribution in [0, 0.1) is 18.3 Å². The Morgan fingerprint density at radius 1 is 1.38 bits per heavy atom. The van der Waals surface area contributed by atoms with Crippen LogP contribution in [0.5, 0.6) is 0 Å². The number of amides is 1. The van der Waals surface area contributed by atoms with Gasteiger partial charge in [-0.3, -0.25) is 4.79 Å². The minimum absolute atomic E-state index is 0.0442. The van der Waals surface area contributed by atoms with Crippen molar-refractivity contribution in [1.82, 2.24) is 4.98 Å². The summed E-state index contributed by atoms with van der Waals surface area (Å²) in [4.78, 5) is 15.7. The van der Waals surface area contributed by atoms with E-state index in [2.05, 4.69) is 15.6 Å². The summed E-state index contributed by atoms with van der Waals surface area (Å²) in [6.07, 6.45) is 1.01. The second-order valence-corrected chi connectivity index (χ2v) is 4.47. The van der Waals surface area contributed by atoms with Crippen molar-refractivity contribution in [3.8, 4) is 6.07 Å². The van der Waals surface area contributed by atoms with Crippen LogP contribution in [0.2, 0.25) is 0 Å². The van der Waals surface area contributed by atoms with Crippen LogP contribution in [0.1, 0.15) is 24.4 Å². The molecule has 0 aliphatic rings. The molecule has 6 heteroatoms. The molecule has 0 radical (unpaired) electrons. The van der Waals surface area contributed by atoms with Crippen molar-refractivity contribution in [2.45, 2.75) is 19.8 Å². The highest BCUT2D eigenvalue weighted by Gasteiger charge is 2.09. The van der Waals surface area contributed by atoms with Crippen LogP contribution >= 0.6 is 0 Å². The fourth-order valence-electron chi connectivity index (χ4n) is 1.82. The summed E-state index contributed by atoms with van der Waals surface area (Å²) in [6.45, 7) is 2.21. The molecule has 6 nitrogen and oxygen atoms in total. The number of carbonyl (C=O) groups excluding carboxylic acids is 1. The molecule has 1 aromatic carbocycles. The molecule has 1 heterocycles. The molecule has 0 saturated heterocycles. The Kier molecular flexibility index (Phi) is 4.94. The maximum absolute atomic E-state index is 11.7. The zero-order valence-electron chi connectivity index (χ0n) is 11.7. The molecule has 0 saturated carbocycles. The van der Waals surface area contributed by atoms with Crippen LogP contribution in [-0.4, -0.2) is 17.4 Å². The lowest BCUT2D eigenvalue weighted by molar-refractivity contribution is -0.116. The molecule has 0 fully saturated rings. The standard InChI is InChI=1S/C15H16N4O2/c1-11-18-13(10-16)15(21-11)17-9-5-8-14(20)19-12-6-3-2-4-7-12/h2-4,6-7,17H,5,8-9H2,1H3,(H,19,20). The van der Waals surface area contributed by atoms with E-state index in [0.717, 1.165) is 5.69 Å². The predicted octanol–water partition coefficient (Wildman–Crippen LogP) is 2.69. The Bertz CT molecular complexity index is 643. The van der Waals surface area contributed by atoms with Crippen LogP contribution in [-0.2, 0) is 4.79 Å². The number of hydrogen-bond donors (Lipinski definition) is 2. The minimum atomic E-state index is -0.0442. The van der Waals surface area contributed by atoms with Gasteiger partial charge in [-0.25, -0.2) is 4.98 Å². The largest absolute Gasteiger partial charge is 0.424 e. The maximum atomic E-state index is 11.7. The first-order valence-electron chi connectivity index (χ1n) is 6.65. The van der Waals surface area contributed by atoms with Crippen molar-refractivity contribution >= 4 is 17.5 Å². The first-order valence-corrected chi connectivity index (χ1v) is 6.65. The van der Waals surface area contributed by atoms with E-state index in [4.69, 9.17) is 9.68 Å². The Labute approximate surface area is 122 Å². The summed E-state index contributed by atoms with van der Waals surface area (Å²) in [5.41, 5.74) is 1.02. The van der Waals surface area contributed by atoms with Crippen molar-refractivity contribution in [3.05, 3.63) is 41.9 Å². The second-order valence-electron chi connectivity index (χ2n) is 4.47. The summed E-state index contributed by atoms with van der Waals surface area (Å²) < 4.78 is 5.26. The van der Waals surface area contributed by atoms with Crippen LogP contribution in [0.25, 0.3) is 0 Å². The average Bonchev–Trinajstić information content (AvgIpc) is 2.85. The van der Waals surface area contributed by atoms with Crippen LogP contribution in [0.4, 0.5) is 11.6 Å². The molecule has 1 amide bonds. The average molecular weight is 284 g/mol. The number of hydrogen-bond acceptors (Lipinski definition) is 5. The highest BCUT2D eigenvalue weighted by atomic mass is 16.4. The van der Waals surface area contributed by atoms with E-state index < -0.39 is 0 Å². The fourth-order valence-corrected chi connectivity index (χ4v) is 1.82. The molecular weight excluding hydrogens is 268 g/mol.